The molecule has 0 amide bonds. The minimum atomic E-state index is -0.255. The number of Topliss-reactive ketones (excluding diaryl/α,β-unsaturated/α-hetero) is 1. The van der Waals surface area contributed by atoms with E-state index in [9.17, 15) is 9.18 Å². The molecule has 0 saturated carbocycles. The van der Waals surface area contributed by atoms with Crippen molar-refractivity contribution in [1.82, 2.24) is 0 Å². The van der Waals surface area contributed by atoms with Gasteiger partial charge in [0, 0.05) is 16.9 Å². The van der Waals surface area contributed by atoms with E-state index in [-0.39, 0.29) is 11.6 Å². The fourth-order valence-electron chi connectivity index (χ4n) is 1.87. The topological polar surface area (TPSA) is 17.1 Å². The van der Waals surface area contributed by atoms with Gasteiger partial charge < -0.3 is 0 Å². The number of carbonyl (C=O) groups is 1. The first-order valence-corrected chi connectivity index (χ1v) is 7.33. The van der Waals surface area contributed by atoms with Crippen molar-refractivity contribution in [1.29, 1.82) is 0 Å². The van der Waals surface area contributed by atoms with Gasteiger partial charge in [-0.15, -0.1) is 11.8 Å². The van der Waals surface area contributed by atoms with Crippen LogP contribution in [0.4, 0.5) is 4.39 Å². The van der Waals surface area contributed by atoms with Crippen molar-refractivity contribution in [2.24, 2.45) is 0 Å². The molecule has 0 aliphatic rings. The van der Waals surface area contributed by atoms with E-state index in [2.05, 4.69) is 0 Å². The van der Waals surface area contributed by atoms with Crippen LogP contribution in [-0.2, 0) is 6.42 Å². The quantitative estimate of drug-likeness (QED) is 0.595. The van der Waals surface area contributed by atoms with Gasteiger partial charge in [-0.2, -0.15) is 0 Å². The maximum atomic E-state index is 13.0. The van der Waals surface area contributed by atoms with Crippen molar-refractivity contribution >= 4 is 17.5 Å². The van der Waals surface area contributed by atoms with Gasteiger partial charge in [0.25, 0.3) is 0 Å². The lowest BCUT2D eigenvalue weighted by Crippen LogP contribution is -2.01. The molecule has 2 rings (SSSR count). The molecule has 0 fully saturated rings. The third-order valence-corrected chi connectivity index (χ3v) is 3.69. The Morgan fingerprint density at radius 1 is 1.16 bits per heavy atom. The van der Waals surface area contributed by atoms with Crippen molar-refractivity contribution in [2.75, 3.05) is 6.26 Å². The number of hydrogen-bond donors (Lipinski definition) is 0. The van der Waals surface area contributed by atoms with Crippen LogP contribution in [0.25, 0.3) is 0 Å². The molecular formula is C16H15FOS. The van der Waals surface area contributed by atoms with Crippen LogP contribution in [0.15, 0.2) is 53.4 Å². The van der Waals surface area contributed by atoms with E-state index >= 15 is 0 Å². The number of thioether (sulfide) groups is 1. The number of halogens is 1. The van der Waals surface area contributed by atoms with Crippen molar-refractivity contribution < 1.29 is 9.18 Å². The highest BCUT2D eigenvalue weighted by molar-refractivity contribution is 7.98. The average Bonchev–Trinajstić information content (AvgIpc) is 2.45. The van der Waals surface area contributed by atoms with Crippen molar-refractivity contribution in [3.63, 3.8) is 0 Å². The summed E-state index contributed by atoms with van der Waals surface area (Å²) in [6.45, 7) is 0. The Bertz CT molecular complexity index is 563. The van der Waals surface area contributed by atoms with Crippen LogP contribution >= 0.6 is 11.8 Å². The Morgan fingerprint density at radius 2 is 1.89 bits per heavy atom. The fourth-order valence-corrected chi connectivity index (χ4v) is 2.28. The molecule has 0 aliphatic heterocycles. The summed E-state index contributed by atoms with van der Waals surface area (Å²) >= 11 is 1.65. The number of aryl methyl sites for hydroxylation is 1. The predicted molar refractivity (Wildman–Crippen MR) is 77.3 cm³/mol. The van der Waals surface area contributed by atoms with E-state index in [1.165, 1.54) is 12.1 Å². The summed E-state index contributed by atoms with van der Waals surface area (Å²) in [6.07, 6.45) is 2.98. The van der Waals surface area contributed by atoms with E-state index in [1.807, 2.05) is 36.6 Å². The second kappa shape index (κ2) is 6.53. The molecular weight excluding hydrogens is 259 g/mol. The number of hydrogen-bond acceptors (Lipinski definition) is 2. The summed E-state index contributed by atoms with van der Waals surface area (Å²) in [5.41, 5.74) is 1.57. The highest BCUT2D eigenvalue weighted by atomic mass is 32.2. The Hall–Kier alpha value is -1.61. The summed E-state index contributed by atoms with van der Waals surface area (Å²) in [6, 6.07) is 14.0. The lowest BCUT2D eigenvalue weighted by Gasteiger charge is -2.03. The van der Waals surface area contributed by atoms with Gasteiger partial charge in [0.1, 0.15) is 5.82 Å². The van der Waals surface area contributed by atoms with E-state index in [0.29, 0.717) is 18.4 Å². The number of rotatable bonds is 5. The molecule has 19 heavy (non-hydrogen) atoms. The molecule has 98 valence electrons. The van der Waals surface area contributed by atoms with Crippen LogP contribution in [0.5, 0.6) is 0 Å². The molecule has 3 heteroatoms. The lowest BCUT2D eigenvalue weighted by molar-refractivity contribution is 0.0982. The largest absolute Gasteiger partial charge is 0.294 e. The van der Waals surface area contributed by atoms with Gasteiger partial charge in [-0.05, 0) is 42.5 Å². The van der Waals surface area contributed by atoms with Crippen molar-refractivity contribution in [3.8, 4) is 0 Å². The Labute approximate surface area is 116 Å². The van der Waals surface area contributed by atoms with Crippen LogP contribution in [0, 0.1) is 5.82 Å². The normalized spacial score (nSPS) is 10.4. The maximum Gasteiger partial charge on any atom is 0.163 e. The fraction of sp³-hybridized carbons (Fsp3) is 0.188. The molecule has 0 aliphatic carbocycles. The van der Waals surface area contributed by atoms with Gasteiger partial charge >= 0.3 is 0 Å². The summed E-state index contributed by atoms with van der Waals surface area (Å²) in [7, 11) is 0. The van der Waals surface area contributed by atoms with E-state index in [1.54, 1.807) is 17.8 Å². The third-order valence-electron chi connectivity index (χ3n) is 2.94. The van der Waals surface area contributed by atoms with Gasteiger partial charge in [-0.3, -0.25) is 4.79 Å². The van der Waals surface area contributed by atoms with Crippen LogP contribution < -0.4 is 0 Å². The minimum absolute atomic E-state index is 0.0944. The smallest absolute Gasteiger partial charge is 0.163 e. The van der Waals surface area contributed by atoms with E-state index in [0.717, 1.165) is 10.5 Å². The van der Waals surface area contributed by atoms with Crippen LogP contribution in [0.1, 0.15) is 22.3 Å². The standard InChI is InChI=1S/C16H15FOS/c1-19-15-8-6-13(7-9-15)16(18)10-5-12-3-2-4-14(17)11-12/h2-4,6-9,11H,5,10H2,1H3. The Kier molecular flexibility index (Phi) is 4.74. The van der Waals surface area contributed by atoms with Crippen LogP contribution in [-0.4, -0.2) is 12.0 Å². The number of ketones is 1. The first-order chi connectivity index (χ1) is 9.19. The molecule has 0 N–H and O–H groups in total. The summed E-state index contributed by atoms with van der Waals surface area (Å²) in [5, 5.41) is 0. The molecule has 1 nitrogen and oxygen atoms in total. The Balaban J connectivity index is 1.97. The third kappa shape index (κ3) is 3.93. The molecule has 2 aromatic rings. The molecule has 0 aromatic heterocycles. The molecule has 0 atom stereocenters. The zero-order valence-corrected chi connectivity index (χ0v) is 11.5. The summed E-state index contributed by atoms with van der Waals surface area (Å²) in [5.74, 6) is -0.161. The van der Waals surface area contributed by atoms with Gasteiger partial charge in [0.2, 0.25) is 0 Å². The zero-order chi connectivity index (χ0) is 13.7. The van der Waals surface area contributed by atoms with Crippen molar-refractivity contribution in [3.05, 3.63) is 65.5 Å². The van der Waals surface area contributed by atoms with Crippen molar-refractivity contribution in [2.45, 2.75) is 17.7 Å². The summed E-state index contributed by atoms with van der Waals surface area (Å²) in [4.78, 5) is 13.1. The zero-order valence-electron chi connectivity index (χ0n) is 10.7. The molecule has 0 saturated heterocycles. The first-order valence-electron chi connectivity index (χ1n) is 6.11. The number of carbonyl (C=O) groups excluding carboxylic acids is 1. The number of benzene rings is 2. The van der Waals surface area contributed by atoms with Crippen LogP contribution in [0.3, 0.4) is 0 Å². The molecule has 2 aromatic carbocycles. The molecule has 0 bridgehead atoms. The highest BCUT2D eigenvalue weighted by Crippen LogP contribution is 2.16. The molecule has 0 unspecified atom stereocenters. The highest BCUT2D eigenvalue weighted by Gasteiger charge is 2.06. The Morgan fingerprint density at radius 3 is 2.53 bits per heavy atom. The second-order valence-corrected chi connectivity index (χ2v) is 5.16. The summed E-state index contributed by atoms with van der Waals surface area (Å²) < 4.78 is 13.0. The van der Waals surface area contributed by atoms with E-state index in [4.69, 9.17) is 0 Å². The van der Waals surface area contributed by atoms with Gasteiger partial charge in [0.05, 0.1) is 0 Å². The molecule has 0 radical (unpaired) electrons. The van der Waals surface area contributed by atoms with E-state index < -0.39 is 0 Å². The SMILES string of the molecule is CSc1ccc(C(=O)CCc2cccc(F)c2)cc1. The van der Waals surface area contributed by atoms with Crippen LogP contribution in [0.2, 0.25) is 0 Å². The minimum Gasteiger partial charge on any atom is -0.294 e. The monoisotopic (exact) mass is 274 g/mol. The average molecular weight is 274 g/mol. The molecule has 0 spiro atoms. The lowest BCUT2D eigenvalue weighted by atomic mass is 10.0. The molecule has 0 heterocycles. The van der Waals surface area contributed by atoms with Gasteiger partial charge in [-0.1, -0.05) is 24.3 Å². The first kappa shape index (κ1) is 13.8. The van der Waals surface area contributed by atoms with Gasteiger partial charge in [0.15, 0.2) is 5.78 Å². The second-order valence-electron chi connectivity index (χ2n) is 4.28. The predicted octanol–water partition coefficient (Wildman–Crippen LogP) is 4.36. The maximum absolute atomic E-state index is 13.0. The van der Waals surface area contributed by atoms with Gasteiger partial charge in [-0.25, -0.2) is 4.39 Å².